The molecule has 2 saturated carbocycles. The molecular formula is C15H15F4NO2. The number of aliphatic hydroxyl groups is 1. The van der Waals surface area contributed by atoms with Crippen molar-refractivity contribution in [3.8, 4) is 0 Å². The van der Waals surface area contributed by atoms with E-state index in [-0.39, 0.29) is 24.5 Å². The van der Waals surface area contributed by atoms with Gasteiger partial charge in [0, 0.05) is 18.6 Å². The Morgan fingerprint density at radius 3 is 2.50 bits per heavy atom. The number of rotatable bonds is 3. The number of hydrogen-bond acceptors (Lipinski definition) is 2. The molecule has 2 fully saturated rings. The molecule has 22 heavy (non-hydrogen) atoms. The Bertz CT molecular complexity index is 622. The first-order chi connectivity index (χ1) is 10.4. The predicted molar refractivity (Wildman–Crippen MR) is 68.9 cm³/mol. The maximum absolute atomic E-state index is 13.6. The van der Waals surface area contributed by atoms with E-state index in [2.05, 4.69) is 5.32 Å². The fourth-order valence-corrected chi connectivity index (χ4v) is 3.87. The lowest BCUT2D eigenvalue weighted by Crippen LogP contribution is -2.45. The largest absolute Gasteiger partial charge is 0.396 e. The SMILES string of the molecule is O=C(NC1C2CCC(C2)C1CO)c1cc(F)c(F)c(F)c1F. The molecule has 0 saturated heterocycles. The van der Waals surface area contributed by atoms with E-state index in [0.717, 1.165) is 19.3 Å². The molecule has 2 N–H and O–H groups in total. The van der Waals surface area contributed by atoms with Crippen LogP contribution in [0.3, 0.4) is 0 Å². The lowest BCUT2D eigenvalue weighted by molar-refractivity contribution is 0.0855. The summed E-state index contributed by atoms with van der Waals surface area (Å²) < 4.78 is 53.0. The fraction of sp³-hybridized carbons (Fsp3) is 0.533. The minimum atomic E-state index is -2.00. The van der Waals surface area contributed by atoms with Crippen LogP contribution in [0.15, 0.2) is 6.07 Å². The molecule has 2 bridgehead atoms. The third-order valence-electron chi connectivity index (χ3n) is 4.94. The van der Waals surface area contributed by atoms with E-state index in [0.29, 0.717) is 12.0 Å². The number of fused-ring (bicyclic) bond motifs is 2. The summed E-state index contributed by atoms with van der Waals surface area (Å²) in [5.41, 5.74) is -0.865. The van der Waals surface area contributed by atoms with Gasteiger partial charge in [-0.1, -0.05) is 0 Å². The number of hydrogen-bond donors (Lipinski definition) is 2. The topological polar surface area (TPSA) is 49.3 Å². The molecule has 3 rings (SSSR count). The number of halogens is 4. The summed E-state index contributed by atoms with van der Waals surface area (Å²) in [5, 5.41) is 12.0. The summed E-state index contributed by atoms with van der Waals surface area (Å²) in [6.07, 6.45) is 2.72. The van der Waals surface area contributed by atoms with Crippen LogP contribution in [0.1, 0.15) is 29.6 Å². The highest BCUT2D eigenvalue weighted by atomic mass is 19.2. The Balaban J connectivity index is 1.84. The van der Waals surface area contributed by atoms with Gasteiger partial charge < -0.3 is 10.4 Å². The van der Waals surface area contributed by atoms with Crippen LogP contribution >= 0.6 is 0 Å². The molecule has 0 heterocycles. The molecule has 120 valence electrons. The van der Waals surface area contributed by atoms with Crippen molar-refractivity contribution in [3.63, 3.8) is 0 Å². The molecule has 2 aliphatic carbocycles. The Kier molecular flexibility index (Phi) is 3.84. The summed E-state index contributed by atoms with van der Waals surface area (Å²) in [6.45, 7) is -0.110. The molecule has 3 nitrogen and oxygen atoms in total. The predicted octanol–water partition coefficient (Wildman–Crippen LogP) is 2.38. The van der Waals surface area contributed by atoms with Crippen LogP contribution in [-0.4, -0.2) is 23.7 Å². The summed E-state index contributed by atoms with van der Waals surface area (Å²) in [6, 6.07) is -0.00336. The number of benzene rings is 1. The Hall–Kier alpha value is -1.63. The third kappa shape index (κ3) is 2.27. The zero-order chi connectivity index (χ0) is 16.0. The van der Waals surface area contributed by atoms with Gasteiger partial charge in [0.05, 0.1) is 5.56 Å². The maximum Gasteiger partial charge on any atom is 0.254 e. The first kappa shape index (κ1) is 15.3. The molecule has 0 aliphatic heterocycles. The van der Waals surface area contributed by atoms with E-state index in [9.17, 15) is 27.5 Å². The Morgan fingerprint density at radius 1 is 1.14 bits per heavy atom. The molecule has 0 aromatic heterocycles. The molecule has 4 unspecified atom stereocenters. The van der Waals surface area contributed by atoms with Gasteiger partial charge in [-0.2, -0.15) is 0 Å². The highest BCUT2D eigenvalue weighted by Crippen LogP contribution is 2.48. The minimum absolute atomic E-state index is 0.110. The van der Waals surface area contributed by atoms with Crippen molar-refractivity contribution in [1.82, 2.24) is 5.32 Å². The highest BCUT2D eigenvalue weighted by molar-refractivity contribution is 5.94. The number of aliphatic hydroxyl groups excluding tert-OH is 1. The number of nitrogens with one attached hydrogen (secondary N) is 1. The number of amides is 1. The van der Waals surface area contributed by atoms with E-state index in [1.54, 1.807) is 0 Å². The standard InChI is InChI=1S/C15H15F4NO2/c16-10-4-8(11(17)13(19)12(10)18)15(22)20-14-7-2-1-6(3-7)9(14)5-21/h4,6-7,9,14,21H,1-3,5H2,(H,20,22). The van der Waals surface area contributed by atoms with E-state index >= 15 is 0 Å². The molecule has 1 aromatic rings. The van der Waals surface area contributed by atoms with Gasteiger partial charge in [-0.05, 0) is 37.2 Å². The summed E-state index contributed by atoms with van der Waals surface area (Å²) in [4.78, 5) is 12.1. The number of carbonyl (C=O) groups excluding carboxylic acids is 1. The second-order valence-electron chi connectivity index (χ2n) is 6.03. The van der Waals surface area contributed by atoms with E-state index in [1.165, 1.54) is 0 Å². The zero-order valence-electron chi connectivity index (χ0n) is 11.6. The van der Waals surface area contributed by atoms with Crippen molar-refractivity contribution in [2.75, 3.05) is 6.61 Å². The summed E-state index contributed by atoms with van der Waals surface area (Å²) in [5.74, 6) is -7.93. The van der Waals surface area contributed by atoms with E-state index in [1.807, 2.05) is 0 Å². The quantitative estimate of drug-likeness (QED) is 0.511. The van der Waals surface area contributed by atoms with E-state index < -0.39 is 34.7 Å². The van der Waals surface area contributed by atoms with Crippen LogP contribution in [0.4, 0.5) is 17.6 Å². The Morgan fingerprint density at radius 2 is 1.82 bits per heavy atom. The highest BCUT2D eigenvalue weighted by Gasteiger charge is 2.47. The smallest absolute Gasteiger partial charge is 0.254 e. The average Bonchev–Trinajstić information content (AvgIpc) is 3.09. The fourth-order valence-electron chi connectivity index (χ4n) is 3.87. The third-order valence-corrected chi connectivity index (χ3v) is 4.94. The molecule has 2 aliphatic rings. The van der Waals surface area contributed by atoms with Crippen molar-refractivity contribution in [2.24, 2.45) is 17.8 Å². The van der Waals surface area contributed by atoms with Crippen LogP contribution in [0.5, 0.6) is 0 Å². The summed E-state index contributed by atoms with van der Waals surface area (Å²) in [7, 11) is 0. The normalized spacial score (nSPS) is 29.9. The van der Waals surface area contributed by atoms with Crippen LogP contribution in [0.25, 0.3) is 0 Å². The average molecular weight is 317 g/mol. The first-order valence-corrected chi connectivity index (χ1v) is 7.18. The molecule has 1 aromatic carbocycles. The van der Waals surface area contributed by atoms with Gasteiger partial charge in [0.15, 0.2) is 23.3 Å². The molecule has 0 radical (unpaired) electrons. The van der Waals surface area contributed by atoms with Gasteiger partial charge in [-0.3, -0.25) is 4.79 Å². The lowest BCUT2D eigenvalue weighted by atomic mass is 9.85. The van der Waals surface area contributed by atoms with Crippen molar-refractivity contribution >= 4 is 5.91 Å². The van der Waals surface area contributed by atoms with Gasteiger partial charge in [0.2, 0.25) is 0 Å². The second kappa shape index (κ2) is 5.53. The van der Waals surface area contributed by atoms with Crippen LogP contribution in [0.2, 0.25) is 0 Å². The molecule has 0 spiro atoms. The monoisotopic (exact) mass is 317 g/mol. The minimum Gasteiger partial charge on any atom is -0.396 e. The van der Waals surface area contributed by atoms with Gasteiger partial charge in [0.25, 0.3) is 5.91 Å². The number of carbonyl (C=O) groups is 1. The van der Waals surface area contributed by atoms with Crippen molar-refractivity contribution in [2.45, 2.75) is 25.3 Å². The zero-order valence-corrected chi connectivity index (χ0v) is 11.6. The van der Waals surface area contributed by atoms with Crippen molar-refractivity contribution in [3.05, 3.63) is 34.9 Å². The van der Waals surface area contributed by atoms with Gasteiger partial charge in [-0.15, -0.1) is 0 Å². The van der Waals surface area contributed by atoms with Crippen LogP contribution in [-0.2, 0) is 0 Å². The van der Waals surface area contributed by atoms with Crippen molar-refractivity contribution < 1.29 is 27.5 Å². The van der Waals surface area contributed by atoms with Crippen LogP contribution < -0.4 is 5.32 Å². The molecule has 4 atom stereocenters. The summed E-state index contributed by atoms with van der Waals surface area (Å²) >= 11 is 0. The molecule has 1 amide bonds. The van der Waals surface area contributed by atoms with Crippen LogP contribution in [0, 0.1) is 41.0 Å². The Labute approximate surface area is 124 Å². The van der Waals surface area contributed by atoms with Gasteiger partial charge in [0.1, 0.15) is 0 Å². The second-order valence-corrected chi connectivity index (χ2v) is 6.03. The first-order valence-electron chi connectivity index (χ1n) is 7.18. The van der Waals surface area contributed by atoms with E-state index in [4.69, 9.17) is 0 Å². The maximum atomic E-state index is 13.6. The van der Waals surface area contributed by atoms with Gasteiger partial charge in [-0.25, -0.2) is 17.6 Å². The van der Waals surface area contributed by atoms with Crippen molar-refractivity contribution in [1.29, 1.82) is 0 Å². The molecule has 7 heteroatoms. The van der Waals surface area contributed by atoms with Gasteiger partial charge >= 0.3 is 0 Å². The lowest BCUT2D eigenvalue weighted by Gasteiger charge is -2.30. The molecular weight excluding hydrogens is 302 g/mol.